The summed E-state index contributed by atoms with van der Waals surface area (Å²) in [6, 6.07) is 19.1. The molecule has 1 aliphatic rings. The summed E-state index contributed by atoms with van der Waals surface area (Å²) in [6.45, 7) is 5.76. The van der Waals surface area contributed by atoms with Gasteiger partial charge in [-0.2, -0.15) is 0 Å². The van der Waals surface area contributed by atoms with Gasteiger partial charge in [-0.1, -0.05) is 24.3 Å². The monoisotopic (exact) mass is 428 g/mol. The molecule has 5 rings (SSSR count). The van der Waals surface area contributed by atoms with Gasteiger partial charge in [0.25, 0.3) is 0 Å². The molecule has 2 aromatic heterocycles. The number of halogens is 1. The third-order valence-electron chi connectivity index (χ3n) is 6.07. The number of aromatic nitrogens is 3. The fourth-order valence-corrected chi connectivity index (χ4v) is 4.17. The highest BCUT2D eigenvalue weighted by atomic mass is 19.1. The van der Waals surface area contributed by atoms with Crippen LogP contribution >= 0.6 is 0 Å². The summed E-state index contributed by atoms with van der Waals surface area (Å²) in [5, 5.41) is 4.48. The molecule has 6 nitrogen and oxygen atoms in total. The van der Waals surface area contributed by atoms with Crippen molar-refractivity contribution >= 4 is 28.2 Å². The molecule has 1 aliphatic heterocycles. The Morgan fingerprint density at radius 1 is 0.906 bits per heavy atom. The van der Waals surface area contributed by atoms with Gasteiger partial charge in [-0.25, -0.2) is 14.4 Å². The van der Waals surface area contributed by atoms with Crippen molar-refractivity contribution in [3.8, 4) is 0 Å². The van der Waals surface area contributed by atoms with Crippen molar-refractivity contribution in [1.29, 1.82) is 0 Å². The predicted octanol–water partition coefficient (Wildman–Crippen LogP) is 4.79. The summed E-state index contributed by atoms with van der Waals surface area (Å²) in [6.07, 6.45) is 3.40. The molecule has 1 fully saturated rings. The molecule has 2 aromatic carbocycles. The van der Waals surface area contributed by atoms with E-state index in [-0.39, 0.29) is 11.9 Å². The van der Waals surface area contributed by atoms with Gasteiger partial charge in [-0.3, -0.25) is 9.88 Å². The molecule has 1 atom stereocenters. The third-order valence-corrected chi connectivity index (χ3v) is 6.07. The lowest BCUT2D eigenvalue weighted by Gasteiger charge is -2.38. The molecule has 0 radical (unpaired) electrons. The summed E-state index contributed by atoms with van der Waals surface area (Å²) >= 11 is 0. The van der Waals surface area contributed by atoms with Crippen molar-refractivity contribution in [2.75, 3.05) is 36.4 Å². The zero-order valence-corrected chi connectivity index (χ0v) is 17.9. The minimum absolute atomic E-state index is 0.195. The molecule has 1 unspecified atom stereocenters. The Balaban J connectivity index is 1.24. The molecule has 0 amide bonds. The smallest absolute Gasteiger partial charge is 0.135 e. The highest BCUT2D eigenvalue weighted by Gasteiger charge is 2.23. The standard InChI is InChI=1S/C25H25FN6/c1-18(19-4-7-21(26)8-5-19)31-11-13-32(14-12-31)25-16-24(28-17-29-25)30-22-9-6-20-3-2-10-27-23(20)15-22/h2-10,15-18H,11-14H2,1H3,(H,28,29,30). The minimum atomic E-state index is -0.195. The van der Waals surface area contributed by atoms with E-state index < -0.39 is 0 Å². The Hall–Kier alpha value is -3.58. The van der Waals surface area contributed by atoms with Crippen LogP contribution in [0.1, 0.15) is 18.5 Å². The maximum Gasteiger partial charge on any atom is 0.135 e. The number of hydrogen-bond donors (Lipinski definition) is 1. The minimum Gasteiger partial charge on any atom is -0.354 e. The Labute approximate surface area is 186 Å². The number of benzene rings is 2. The van der Waals surface area contributed by atoms with E-state index in [1.807, 2.05) is 48.5 Å². The van der Waals surface area contributed by atoms with Gasteiger partial charge < -0.3 is 10.2 Å². The van der Waals surface area contributed by atoms with Crippen LogP contribution in [0.5, 0.6) is 0 Å². The summed E-state index contributed by atoms with van der Waals surface area (Å²) in [4.78, 5) is 18.0. The second-order valence-corrected chi connectivity index (χ2v) is 8.05. The second kappa shape index (κ2) is 8.88. The molecule has 32 heavy (non-hydrogen) atoms. The van der Waals surface area contributed by atoms with Crippen molar-refractivity contribution in [3.05, 3.63) is 84.6 Å². The van der Waals surface area contributed by atoms with Crippen molar-refractivity contribution in [2.24, 2.45) is 0 Å². The zero-order chi connectivity index (χ0) is 21.9. The predicted molar refractivity (Wildman–Crippen MR) is 126 cm³/mol. The third kappa shape index (κ3) is 4.38. The highest BCUT2D eigenvalue weighted by molar-refractivity contribution is 5.82. The van der Waals surface area contributed by atoms with Crippen LogP contribution in [0.3, 0.4) is 0 Å². The average molecular weight is 429 g/mol. The first-order chi connectivity index (χ1) is 15.7. The van der Waals surface area contributed by atoms with Gasteiger partial charge in [-0.05, 0) is 42.8 Å². The van der Waals surface area contributed by atoms with E-state index in [0.717, 1.165) is 60.0 Å². The lowest BCUT2D eigenvalue weighted by atomic mass is 10.1. The van der Waals surface area contributed by atoms with Crippen LogP contribution in [-0.2, 0) is 0 Å². The number of piperazine rings is 1. The molecular formula is C25H25FN6. The van der Waals surface area contributed by atoms with E-state index in [9.17, 15) is 4.39 Å². The molecule has 7 heteroatoms. The van der Waals surface area contributed by atoms with Crippen molar-refractivity contribution in [3.63, 3.8) is 0 Å². The number of nitrogens with one attached hydrogen (secondary N) is 1. The lowest BCUT2D eigenvalue weighted by molar-refractivity contribution is 0.198. The number of nitrogens with zero attached hydrogens (tertiary/aromatic N) is 5. The normalized spacial score (nSPS) is 15.6. The van der Waals surface area contributed by atoms with E-state index in [4.69, 9.17) is 0 Å². The maximum absolute atomic E-state index is 13.2. The van der Waals surface area contributed by atoms with E-state index >= 15 is 0 Å². The molecule has 3 heterocycles. The molecule has 0 spiro atoms. The van der Waals surface area contributed by atoms with Crippen LogP contribution in [0, 0.1) is 5.82 Å². The van der Waals surface area contributed by atoms with Gasteiger partial charge in [-0.15, -0.1) is 0 Å². The van der Waals surface area contributed by atoms with Gasteiger partial charge in [0.15, 0.2) is 0 Å². The number of hydrogen-bond acceptors (Lipinski definition) is 6. The number of fused-ring (bicyclic) bond motifs is 1. The first-order valence-electron chi connectivity index (χ1n) is 10.8. The topological polar surface area (TPSA) is 57.2 Å². The molecule has 0 aliphatic carbocycles. The Morgan fingerprint density at radius 3 is 2.53 bits per heavy atom. The summed E-state index contributed by atoms with van der Waals surface area (Å²) < 4.78 is 13.2. The highest BCUT2D eigenvalue weighted by Crippen LogP contribution is 2.25. The Kier molecular flexibility index (Phi) is 5.64. The van der Waals surface area contributed by atoms with Crippen LogP contribution in [0.4, 0.5) is 21.7 Å². The number of rotatable bonds is 5. The summed E-state index contributed by atoms with van der Waals surface area (Å²) in [7, 11) is 0. The largest absolute Gasteiger partial charge is 0.354 e. The van der Waals surface area contributed by atoms with Crippen LogP contribution in [0.15, 0.2) is 73.2 Å². The van der Waals surface area contributed by atoms with Gasteiger partial charge >= 0.3 is 0 Å². The quantitative estimate of drug-likeness (QED) is 0.493. The summed E-state index contributed by atoms with van der Waals surface area (Å²) in [5.74, 6) is 1.47. The number of anilines is 3. The van der Waals surface area contributed by atoms with Gasteiger partial charge in [0.2, 0.25) is 0 Å². The average Bonchev–Trinajstić information content (AvgIpc) is 2.84. The van der Waals surface area contributed by atoms with E-state index in [1.165, 1.54) is 12.1 Å². The first-order valence-corrected chi connectivity index (χ1v) is 10.8. The van der Waals surface area contributed by atoms with Crippen LogP contribution in [0.2, 0.25) is 0 Å². The molecule has 162 valence electrons. The van der Waals surface area contributed by atoms with E-state index in [0.29, 0.717) is 0 Å². The Bertz CT molecular complexity index is 1200. The molecule has 1 N–H and O–H groups in total. The zero-order valence-electron chi connectivity index (χ0n) is 17.9. The van der Waals surface area contributed by atoms with Gasteiger partial charge in [0, 0.05) is 55.6 Å². The number of pyridine rings is 1. The van der Waals surface area contributed by atoms with Gasteiger partial charge in [0.1, 0.15) is 23.8 Å². The lowest BCUT2D eigenvalue weighted by Crippen LogP contribution is -2.47. The Morgan fingerprint density at radius 2 is 1.72 bits per heavy atom. The van der Waals surface area contributed by atoms with E-state index in [1.54, 1.807) is 12.5 Å². The van der Waals surface area contributed by atoms with Crippen LogP contribution in [-0.4, -0.2) is 46.0 Å². The van der Waals surface area contributed by atoms with Crippen molar-refractivity contribution in [1.82, 2.24) is 19.9 Å². The first kappa shape index (κ1) is 20.3. The van der Waals surface area contributed by atoms with Crippen molar-refractivity contribution in [2.45, 2.75) is 13.0 Å². The molecular weight excluding hydrogens is 403 g/mol. The SMILES string of the molecule is CC(c1ccc(F)cc1)N1CCN(c2cc(Nc3ccc4cccnc4c3)ncn2)CC1. The van der Waals surface area contributed by atoms with Crippen LogP contribution in [0.25, 0.3) is 10.9 Å². The summed E-state index contributed by atoms with van der Waals surface area (Å²) in [5.41, 5.74) is 3.02. The van der Waals surface area contributed by atoms with Crippen LogP contribution < -0.4 is 10.2 Å². The fraction of sp³-hybridized carbons (Fsp3) is 0.240. The molecule has 0 bridgehead atoms. The molecule has 0 saturated carbocycles. The second-order valence-electron chi connectivity index (χ2n) is 8.05. The molecule has 1 saturated heterocycles. The maximum atomic E-state index is 13.2. The van der Waals surface area contributed by atoms with E-state index in [2.05, 4.69) is 37.0 Å². The van der Waals surface area contributed by atoms with Crippen molar-refractivity contribution < 1.29 is 4.39 Å². The van der Waals surface area contributed by atoms with Gasteiger partial charge in [0.05, 0.1) is 5.52 Å². The molecule has 4 aromatic rings. The fourth-order valence-electron chi connectivity index (χ4n) is 4.17.